The van der Waals surface area contributed by atoms with E-state index in [4.69, 9.17) is 4.42 Å². The van der Waals surface area contributed by atoms with Gasteiger partial charge in [0.25, 0.3) is 5.91 Å². The number of carbonyl (C=O) groups is 1. The predicted molar refractivity (Wildman–Crippen MR) is 113 cm³/mol. The third-order valence-corrected chi connectivity index (χ3v) is 5.40. The van der Waals surface area contributed by atoms with Gasteiger partial charge in [-0.25, -0.2) is 4.79 Å². The zero-order valence-corrected chi connectivity index (χ0v) is 16.3. The molecule has 0 aliphatic carbocycles. The first-order valence-electron chi connectivity index (χ1n) is 10.1. The number of fused-ring (bicyclic) bond motifs is 2. The number of anilines is 1. The summed E-state index contributed by atoms with van der Waals surface area (Å²) in [6.07, 6.45) is 4.43. The smallest absolute Gasteiger partial charge is 0.349 e. The number of hydrogen-bond donors (Lipinski definition) is 1. The Kier molecular flexibility index (Phi) is 4.63. The van der Waals surface area contributed by atoms with Crippen LogP contribution in [0.4, 0.5) is 5.69 Å². The number of amides is 1. The molecule has 1 N–H and O–H groups in total. The Morgan fingerprint density at radius 2 is 1.83 bits per heavy atom. The van der Waals surface area contributed by atoms with Crippen molar-refractivity contribution in [2.75, 3.05) is 5.32 Å². The summed E-state index contributed by atoms with van der Waals surface area (Å²) in [5.41, 5.74) is 1.30. The van der Waals surface area contributed by atoms with Gasteiger partial charge in [0.15, 0.2) is 5.82 Å². The molecule has 0 unspecified atom stereocenters. The lowest BCUT2D eigenvalue weighted by atomic mass is 10.1. The van der Waals surface area contributed by atoms with Crippen LogP contribution in [0.3, 0.4) is 0 Å². The van der Waals surface area contributed by atoms with Gasteiger partial charge in [0.05, 0.1) is 0 Å². The summed E-state index contributed by atoms with van der Waals surface area (Å²) < 4.78 is 7.43. The number of benzene rings is 2. The van der Waals surface area contributed by atoms with Crippen LogP contribution < -0.4 is 10.9 Å². The van der Waals surface area contributed by atoms with Gasteiger partial charge in [0, 0.05) is 29.6 Å². The predicted octanol–water partition coefficient (Wildman–Crippen LogP) is 4.03. The van der Waals surface area contributed by atoms with Gasteiger partial charge in [0.2, 0.25) is 0 Å². The van der Waals surface area contributed by atoms with Crippen molar-refractivity contribution in [2.24, 2.45) is 0 Å². The minimum absolute atomic E-state index is 0.0273. The summed E-state index contributed by atoms with van der Waals surface area (Å²) in [6.45, 7) is 0.924. The van der Waals surface area contributed by atoms with Crippen LogP contribution >= 0.6 is 0 Å². The van der Waals surface area contributed by atoms with Crippen LogP contribution in [-0.4, -0.2) is 20.7 Å². The van der Waals surface area contributed by atoms with Crippen LogP contribution in [0.15, 0.2) is 63.8 Å². The van der Waals surface area contributed by atoms with Gasteiger partial charge in [-0.2, -0.15) is 0 Å². The van der Waals surface area contributed by atoms with Crippen LogP contribution in [0, 0.1) is 0 Å². The zero-order chi connectivity index (χ0) is 20.5. The molecule has 1 aliphatic heterocycles. The molecule has 3 heterocycles. The molecule has 0 saturated carbocycles. The number of hydrogen-bond acceptors (Lipinski definition) is 5. The molecule has 0 fully saturated rings. The van der Waals surface area contributed by atoms with Crippen molar-refractivity contribution in [3.8, 4) is 11.4 Å². The lowest BCUT2D eigenvalue weighted by Gasteiger charge is -2.09. The summed E-state index contributed by atoms with van der Waals surface area (Å²) in [7, 11) is 0. The Bertz CT molecular complexity index is 1290. The molecule has 4 aromatic rings. The molecule has 2 aromatic heterocycles. The van der Waals surface area contributed by atoms with E-state index >= 15 is 0 Å². The Balaban J connectivity index is 1.38. The highest BCUT2D eigenvalue weighted by molar-refractivity contribution is 6.05. The van der Waals surface area contributed by atoms with E-state index in [1.54, 1.807) is 36.4 Å². The minimum Gasteiger partial charge on any atom is -0.422 e. The number of para-hydroxylation sites is 1. The summed E-state index contributed by atoms with van der Waals surface area (Å²) in [4.78, 5) is 24.8. The topological polar surface area (TPSA) is 90.0 Å². The first-order valence-corrected chi connectivity index (χ1v) is 10.1. The van der Waals surface area contributed by atoms with Gasteiger partial charge >= 0.3 is 5.63 Å². The van der Waals surface area contributed by atoms with E-state index in [1.165, 1.54) is 6.42 Å². The van der Waals surface area contributed by atoms with Gasteiger partial charge in [-0.3, -0.25) is 4.79 Å². The van der Waals surface area contributed by atoms with E-state index in [0.717, 1.165) is 43.0 Å². The van der Waals surface area contributed by atoms with Gasteiger partial charge in [0.1, 0.15) is 17.0 Å². The Morgan fingerprint density at radius 3 is 2.70 bits per heavy atom. The van der Waals surface area contributed by atoms with E-state index < -0.39 is 11.5 Å². The second kappa shape index (κ2) is 7.59. The van der Waals surface area contributed by atoms with Crippen molar-refractivity contribution in [1.29, 1.82) is 0 Å². The Labute approximate surface area is 172 Å². The van der Waals surface area contributed by atoms with Crippen molar-refractivity contribution < 1.29 is 9.21 Å². The molecule has 30 heavy (non-hydrogen) atoms. The molecule has 1 aliphatic rings. The van der Waals surface area contributed by atoms with E-state index in [9.17, 15) is 9.59 Å². The van der Waals surface area contributed by atoms with Crippen LogP contribution in [-0.2, 0) is 13.0 Å². The third kappa shape index (κ3) is 3.39. The fourth-order valence-corrected chi connectivity index (χ4v) is 3.82. The number of aryl methyl sites for hydroxylation is 1. The van der Waals surface area contributed by atoms with E-state index in [1.807, 2.05) is 18.2 Å². The second-order valence-corrected chi connectivity index (χ2v) is 7.42. The third-order valence-electron chi connectivity index (χ3n) is 5.40. The van der Waals surface area contributed by atoms with Gasteiger partial charge in [-0.05, 0) is 49.2 Å². The molecule has 150 valence electrons. The van der Waals surface area contributed by atoms with Gasteiger partial charge < -0.3 is 14.3 Å². The summed E-state index contributed by atoms with van der Waals surface area (Å²) in [5.74, 6) is 1.38. The summed E-state index contributed by atoms with van der Waals surface area (Å²) in [6, 6.07) is 16.1. The second-order valence-electron chi connectivity index (χ2n) is 7.42. The molecular weight excluding hydrogens is 380 g/mol. The van der Waals surface area contributed by atoms with Crippen LogP contribution in [0.1, 0.15) is 35.4 Å². The lowest BCUT2D eigenvalue weighted by molar-refractivity contribution is 0.102. The van der Waals surface area contributed by atoms with Crippen LogP contribution in [0.2, 0.25) is 0 Å². The quantitative estimate of drug-likeness (QED) is 0.525. The fraction of sp³-hybridized carbons (Fsp3) is 0.217. The number of carbonyl (C=O) groups excluding carboxylic acids is 1. The number of rotatable bonds is 3. The van der Waals surface area contributed by atoms with Gasteiger partial charge in [-0.1, -0.05) is 24.6 Å². The van der Waals surface area contributed by atoms with Crippen LogP contribution in [0.25, 0.3) is 22.4 Å². The molecule has 0 atom stereocenters. The number of aromatic nitrogens is 3. The van der Waals surface area contributed by atoms with Crippen molar-refractivity contribution in [1.82, 2.24) is 14.8 Å². The maximum Gasteiger partial charge on any atom is 0.349 e. The SMILES string of the molecule is O=C(Nc1ccc(-c2nnc3n2CCCCC3)cc1)c1cc2ccccc2oc1=O. The number of nitrogens with one attached hydrogen (secondary N) is 1. The average Bonchev–Trinajstić information content (AvgIpc) is 3.01. The molecule has 0 saturated heterocycles. The molecule has 0 radical (unpaired) electrons. The van der Waals surface area contributed by atoms with E-state index in [-0.39, 0.29) is 5.56 Å². The molecule has 7 nitrogen and oxygen atoms in total. The van der Waals surface area contributed by atoms with Crippen molar-refractivity contribution in [3.63, 3.8) is 0 Å². The van der Waals surface area contributed by atoms with Crippen molar-refractivity contribution in [3.05, 3.63) is 76.4 Å². The lowest BCUT2D eigenvalue weighted by Crippen LogP contribution is -2.20. The standard InChI is InChI=1S/C23H20N4O3/c28-22(18-14-16-6-3-4-7-19(16)30-23(18)29)24-17-11-9-15(10-12-17)21-26-25-20-8-2-1-5-13-27(20)21/h3-4,6-7,9-12,14H,1-2,5,8,13H2,(H,24,28). The monoisotopic (exact) mass is 400 g/mol. The zero-order valence-electron chi connectivity index (χ0n) is 16.3. The van der Waals surface area contributed by atoms with Crippen molar-refractivity contribution >= 4 is 22.6 Å². The molecular formula is C23H20N4O3. The highest BCUT2D eigenvalue weighted by Crippen LogP contribution is 2.24. The Morgan fingerprint density at radius 1 is 1.00 bits per heavy atom. The highest BCUT2D eigenvalue weighted by atomic mass is 16.4. The van der Waals surface area contributed by atoms with E-state index in [2.05, 4.69) is 20.1 Å². The minimum atomic E-state index is -0.658. The molecule has 0 spiro atoms. The first-order chi connectivity index (χ1) is 14.7. The van der Waals surface area contributed by atoms with Gasteiger partial charge in [-0.15, -0.1) is 10.2 Å². The first kappa shape index (κ1) is 18.3. The molecule has 7 heteroatoms. The molecule has 2 aromatic carbocycles. The summed E-state index contributed by atoms with van der Waals surface area (Å²) in [5, 5.41) is 12.2. The fourth-order valence-electron chi connectivity index (χ4n) is 3.82. The van der Waals surface area contributed by atoms with Crippen LogP contribution in [0.5, 0.6) is 0 Å². The largest absolute Gasteiger partial charge is 0.422 e. The summed E-state index contributed by atoms with van der Waals surface area (Å²) >= 11 is 0. The van der Waals surface area contributed by atoms with Crippen molar-refractivity contribution in [2.45, 2.75) is 32.2 Å². The average molecular weight is 400 g/mol. The molecule has 5 rings (SSSR count). The molecule has 1 amide bonds. The van der Waals surface area contributed by atoms with E-state index in [0.29, 0.717) is 16.7 Å². The molecule has 0 bridgehead atoms. The highest BCUT2D eigenvalue weighted by Gasteiger charge is 2.17. The Hall–Kier alpha value is -3.74. The normalized spacial score (nSPS) is 13.6. The number of nitrogens with zero attached hydrogens (tertiary/aromatic N) is 3. The maximum absolute atomic E-state index is 12.6. The maximum atomic E-state index is 12.6.